The second-order valence-electron chi connectivity index (χ2n) is 7.46. The average molecular weight is 536 g/mol. The van der Waals surface area contributed by atoms with E-state index in [9.17, 15) is 20.2 Å². The van der Waals surface area contributed by atoms with E-state index >= 15 is 0 Å². The highest BCUT2D eigenvalue weighted by atomic mass is 79.9. The van der Waals surface area contributed by atoms with E-state index in [2.05, 4.69) is 21.2 Å². The smallest absolute Gasteiger partial charge is 0.269 e. The lowest BCUT2D eigenvalue weighted by molar-refractivity contribution is -0.384. The Morgan fingerprint density at radius 1 is 1.14 bits per heavy atom. The second kappa shape index (κ2) is 11.8. The number of carbonyl (C=O) groups excluding carboxylic acids is 1. The van der Waals surface area contributed by atoms with Crippen molar-refractivity contribution in [2.45, 2.75) is 20.5 Å². The molecule has 0 aliphatic carbocycles. The van der Waals surface area contributed by atoms with Gasteiger partial charge in [-0.25, -0.2) is 0 Å². The fraction of sp³-hybridized carbons (Fsp3) is 0.154. The number of carbonyl (C=O) groups is 1. The molecule has 3 aromatic carbocycles. The van der Waals surface area contributed by atoms with Crippen LogP contribution in [-0.2, 0) is 11.4 Å². The Balaban J connectivity index is 1.85. The summed E-state index contributed by atoms with van der Waals surface area (Å²) in [4.78, 5) is 23.2. The van der Waals surface area contributed by atoms with Crippen LogP contribution in [-0.4, -0.2) is 17.4 Å². The number of aryl methyl sites for hydroxylation is 1. The highest BCUT2D eigenvalue weighted by Crippen LogP contribution is 2.35. The summed E-state index contributed by atoms with van der Waals surface area (Å²) in [7, 11) is 0. The van der Waals surface area contributed by atoms with Gasteiger partial charge in [-0.3, -0.25) is 14.9 Å². The van der Waals surface area contributed by atoms with E-state index in [1.165, 1.54) is 18.2 Å². The Morgan fingerprint density at radius 3 is 2.57 bits per heavy atom. The summed E-state index contributed by atoms with van der Waals surface area (Å²) in [6.45, 7) is 4.17. The molecular formula is C26H22BrN3O5. The van der Waals surface area contributed by atoms with Crippen molar-refractivity contribution in [1.82, 2.24) is 0 Å². The maximum Gasteiger partial charge on any atom is 0.269 e. The molecule has 3 aromatic rings. The van der Waals surface area contributed by atoms with Crippen LogP contribution in [0.25, 0.3) is 6.08 Å². The van der Waals surface area contributed by atoms with Crippen molar-refractivity contribution in [2.24, 2.45) is 0 Å². The van der Waals surface area contributed by atoms with Gasteiger partial charge in [0.1, 0.15) is 18.2 Å². The Hall–Kier alpha value is -4.16. The lowest BCUT2D eigenvalue weighted by Crippen LogP contribution is -2.13. The summed E-state index contributed by atoms with van der Waals surface area (Å²) in [6.07, 6.45) is 1.46. The van der Waals surface area contributed by atoms with E-state index in [1.54, 1.807) is 30.3 Å². The zero-order valence-electron chi connectivity index (χ0n) is 19.1. The van der Waals surface area contributed by atoms with E-state index in [0.717, 1.165) is 5.56 Å². The quantitative estimate of drug-likeness (QED) is 0.151. The van der Waals surface area contributed by atoms with Crippen LogP contribution < -0.4 is 14.8 Å². The number of rotatable bonds is 9. The fourth-order valence-electron chi connectivity index (χ4n) is 3.19. The lowest BCUT2D eigenvalue weighted by atomic mass is 10.1. The standard InChI is InChI=1S/C26H22BrN3O5/c1-3-34-24-13-19(12-20(15-28)26(31)29-21-8-4-6-17(2)10-21)23(27)14-25(24)35-16-18-7-5-9-22(11-18)30(32)33/h4-14H,3,16H2,1-2H3,(H,29,31)/b20-12+. The molecule has 35 heavy (non-hydrogen) atoms. The number of non-ortho nitro benzene ring substituents is 1. The van der Waals surface area contributed by atoms with Gasteiger partial charge >= 0.3 is 0 Å². The van der Waals surface area contributed by atoms with Crippen LogP contribution >= 0.6 is 15.9 Å². The van der Waals surface area contributed by atoms with Crippen molar-refractivity contribution in [2.75, 3.05) is 11.9 Å². The van der Waals surface area contributed by atoms with E-state index in [1.807, 2.05) is 38.1 Å². The van der Waals surface area contributed by atoms with Crippen LogP contribution in [0, 0.1) is 28.4 Å². The van der Waals surface area contributed by atoms with Crippen LogP contribution in [0.1, 0.15) is 23.6 Å². The highest BCUT2D eigenvalue weighted by Gasteiger charge is 2.15. The number of ether oxygens (including phenoxy) is 2. The Labute approximate surface area is 211 Å². The van der Waals surface area contributed by atoms with Crippen molar-refractivity contribution in [3.8, 4) is 17.6 Å². The highest BCUT2D eigenvalue weighted by molar-refractivity contribution is 9.10. The minimum atomic E-state index is -0.533. The summed E-state index contributed by atoms with van der Waals surface area (Å²) in [5, 5.41) is 23.3. The molecule has 178 valence electrons. The van der Waals surface area contributed by atoms with E-state index in [0.29, 0.717) is 39.4 Å². The fourth-order valence-corrected chi connectivity index (χ4v) is 3.63. The number of nitriles is 1. The van der Waals surface area contributed by atoms with Crippen molar-refractivity contribution < 1.29 is 19.2 Å². The lowest BCUT2D eigenvalue weighted by Gasteiger charge is -2.14. The Bertz CT molecular complexity index is 1330. The summed E-state index contributed by atoms with van der Waals surface area (Å²) in [5.41, 5.74) is 2.64. The molecule has 0 radical (unpaired) electrons. The minimum absolute atomic E-state index is 0.0224. The normalized spacial score (nSPS) is 10.9. The Kier molecular flexibility index (Phi) is 8.59. The third-order valence-electron chi connectivity index (χ3n) is 4.82. The number of hydrogen-bond acceptors (Lipinski definition) is 6. The second-order valence-corrected chi connectivity index (χ2v) is 8.32. The number of nitro groups is 1. The maximum atomic E-state index is 12.7. The van der Waals surface area contributed by atoms with Gasteiger partial charge in [-0.15, -0.1) is 0 Å². The van der Waals surface area contributed by atoms with Crippen LogP contribution in [0.15, 0.2) is 70.7 Å². The summed E-state index contributed by atoms with van der Waals surface area (Å²) in [5.74, 6) is 0.280. The molecule has 0 unspecified atom stereocenters. The first-order chi connectivity index (χ1) is 16.8. The SMILES string of the molecule is CCOc1cc(/C=C(\C#N)C(=O)Nc2cccc(C)c2)c(Br)cc1OCc1cccc([N+](=O)[O-])c1. The number of nitrogens with zero attached hydrogens (tertiary/aromatic N) is 2. The van der Waals surface area contributed by atoms with Crippen LogP contribution in [0.4, 0.5) is 11.4 Å². The van der Waals surface area contributed by atoms with Crippen LogP contribution in [0.3, 0.4) is 0 Å². The van der Waals surface area contributed by atoms with Crippen LogP contribution in [0.2, 0.25) is 0 Å². The number of nitrogens with one attached hydrogen (secondary N) is 1. The van der Waals surface area contributed by atoms with Crippen molar-refractivity contribution >= 4 is 39.3 Å². The monoisotopic (exact) mass is 535 g/mol. The molecule has 8 nitrogen and oxygen atoms in total. The first kappa shape index (κ1) is 25.5. The molecule has 1 amide bonds. The molecule has 0 saturated carbocycles. The molecular weight excluding hydrogens is 514 g/mol. The topological polar surface area (TPSA) is 114 Å². The van der Waals surface area contributed by atoms with E-state index in [4.69, 9.17) is 9.47 Å². The predicted molar refractivity (Wildman–Crippen MR) is 136 cm³/mol. The van der Waals surface area contributed by atoms with Crippen molar-refractivity contribution in [1.29, 1.82) is 5.26 Å². The molecule has 0 fully saturated rings. The number of nitro benzene ring substituents is 1. The zero-order chi connectivity index (χ0) is 25.4. The predicted octanol–water partition coefficient (Wildman–Crippen LogP) is 6.19. The number of halogens is 1. The van der Waals surface area contributed by atoms with Gasteiger partial charge in [0.2, 0.25) is 0 Å². The summed E-state index contributed by atoms with van der Waals surface area (Å²) < 4.78 is 12.1. The number of hydrogen-bond donors (Lipinski definition) is 1. The van der Waals surface area contributed by atoms with Crippen molar-refractivity contribution in [3.05, 3.63) is 97.5 Å². The zero-order valence-corrected chi connectivity index (χ0v) is 20.7. The van der Waals surface area contributed by atoms with Gasteiger partial charge < -0.3 is 14.8 Å². The third-order valence-corrected chi connectivity index (χ3v) is 5.51. The molecule has 0 aromatic heterocycles. The van der Waals surface area contributed by atoms with Gasteiger partial charge in [0, 0.05) is 22.3 Å². The molecule has 0 saturated heterocycles. The van der Waals surface area contributed by atoms with Gasteiger partial charge in [0.15, 0.2) is 11.5 Å². The number of benzene rings is 3. The number of anilines is 1. The molecule has 0 atom stereocenters. The van der Waals surface area contributed by atoms with Crippen molar-refractivity contribution in [3.63, 3.8) is 0 Å². The molecule has 0 aliphatic rings. The summed E-state index contributed by atoms with van der Waals surface area (Å²) in [6, 6.07) is 18.7. The maximum absolute atomic E-state index is 12.7. The molecule has 0 aliphatic heterocycles. The molecule has 0 spiro atoms. The van der Waals surface area contributed by atoms with E-state index < -0.39 is 10.8 Å². The minimum Gasteiger partial charge on any atom is -0.490 e. The molecule has 9 heteroatoms. The third kappa shape index (κ3) is 6.91. The molecule has 0 bridgehead atoms. The van der Waals surface area contributed by atoms with Gasteiger partial charge in [-0.2, -0.15) is 5.26 Å². The van der Waals surface area contributed by atoms with Gasteiger partial charge in [0.05, 0.1) is 11.5 Å². The largest absolute Gasteiger partial charge is 0.490 e. The first-order valence-corrected chi connectivity index (χ1v) is 11.4. The first-order valence-electron chi connectivity index (χ1n) is 10.6. The van der Waals surface area contributed by atoms with Gasteiger partial charge in [-0.1, -0.05) is 40.2 Å². The summed E-state index contributed by atoms with van der Waals surface area (Å²) >= 11 is 3.46. The van der Waals surface area contributed by atoms with Gasteiger partial charge in [-0.05, 0) is 60.9 Å². The van der Waals surface area contributed by atoms with E-state index in [-0.39, 0.29) is 17.9 Å². The van der Waals surface area contributed by atoms with Gasteiger partial charge in [0.25, 0.3) is 11.6 Å². The van der Waals surface area contributed by atoms with Crippen LogP contribution in [0.5, 0.6) is 11.5 Å². The molecule has 3 rings (SSSR count). The Morgan fingerprint density at radius 2 is 1.89 bits per heavy atom. The number of amides is 1. The molecule has 0 heterocycles. The molecule has 1 N–H and O–H groups in total. The average Bonchev–Trinajstić information content (AvgIpc) is 2.83.